The minimum absolute atomic E-state index is 0.191. The van der Waals surface area contributed by atoms with E-state index in [9.17, 15) is 4.39 Å². The van der Waals surface area contributed by atoms with Crippen molar-refractivity contribution in [2.45, 2.75) is 46.1 Å². The van der Waals surface area contributed by atoms with Gasteiger partial charge in [0, 0.05) is 11.7 Å². The van der Waals surface area contributed by atoms with E-state index in [2.05, 4.69) is 35.1 Å². The summed E-state index contributed by atoms with van der Waals surface area (Å²) in [6.45, 7) is 6.61. The van der Waals surface area contributed by atoms with Crippen molar-refractivity contribution in [2.24, 2.45) is 11.8 Å². The average Bonchev–Trinajstić information content (AvgIpc) is 2.31. The summed E-state index contributed by atoms with van der Waals surface area (Å²) in [7, 11) is 0. The maximum absolute atomic E-state index is 13.4. The summed E-state index contributed by atoms with van der Waals surface area (Å²) in [5.74, 6) is 1.40. The SMILES string of the molecule is Cc1cc(F)c(Br)cc1NC1CCC(C)C(C)C1. The van der Waals surface area contributed by atoms with E-state index in [0.29, 0.717) is 10.5 Å². The first-order valence-electron chi connectivity index (χ1n) is 6.69. The number of nitrogens with one attached hydrogen (secondary N) is 1. The Balaban J connectivity index is 2.08. The van der Waals surface area contributed by atoms with Gasteiger partial charge in [0.1, 0.15) is 5.82 Å². The Kier molecular flexibility index (Phi) is 4.31. The Labute approximate surface area is 117 Å². The first-order chi connectivity index (χ1) is 8.47. The Bertz CT molecular complexity index is 433. The van der Waals surface area contributed by atoms with E-state index in [4.69, 9.17) is 0 Å². The second-order valence-electron chi connectivity index (χ2n) is 5.69. The molecule has 2 rings (SSSR count). The number of benzene rings is 1. The smallest absolute Gasteiger partial charge is 0.137 e. The molecule has 0 aromatic heterocycles. The fourth-order valence-electron chi connectivity index (χ4n) is 2.70. The van der Waals surface area contributed by atoms with Gasteiger partial charge in [-0.05, 0) is 71.6 Å². The molecule has 1 N–H and O–H groups in total. The van der Waals surface area contributed by atoms with Gasteiger partial charge in [-0.3, -0.25) is 0 Å². The van der Waals surface area contributed by atoms with Gasteiger partial charge in [-0.1, -0.05) is 13.8 Å². The maximum atomic E-state index is 13.4. The zero-order valence-electron chi connectivity index (χ0n) is 11.3. The Hall–Kier alpha value is -0.570. The molecule has 1 fully saturated rings. The summed E-state index contributed by atoms with van der Waals surface area (Å²) in [5.41, 5.74) is 2.03. The molecule has 18 heavy (non-hydrogen) atoms. The van der Waals surface area contributed by atoms with E-state index in [1.54, 1.807) is 6.07 Å². The lowest BCUT2D eigenvalue weighted by Crippen LogP contribution is -2.30. The highest BCUT2D eigenvalue weighted by atomic mass is 79.9. The third kappa shape index (κ3) is 3.05. The van der Waals surface area contributed by atoms with Crippen molar-refractivity contribution in [1.82, 2.24) is 0 Å². The minimum atomic E-state index is -0.191. The van der Waals surface area contributed by atoms with Crippen molar-refractivity contribution >= 4 is 21.6 Å². The zero-order valence-corrected chi connectivity index (χ0v) is 12.8. The molecule has 0 saturated heterocycles. The van der Waals surface area contributed by atoms with Gasteiger partial charge < -0.3 is 5.32 Å². The highest BCUT2D eigenvalue weighted by Gasteiger charge is 2.24. The van der Waals surface area contributed by atoms with Crippen LogP contribution in [-0.4, -0.2) is 6.04 Å². The van der Waals surface area contributed by atoms with Crippen LogP contribution in [-0.2, 0) is 0 Å². The third-order valence-electron chi connectivity index (χ3n) is 4.23. The Morgan fingerprint density at radius 2 is 1.94 bits per heavy atom. The van der Waals surface area contributed by atoms with Gasteiger partial charge in [0.15, 0.2) is 0 Å². The molecule has 0 bridgehead atoms. The van der Waals surface area contributed by atoms with E-state index < -0.39 is 0 Å². The Morgan fingerprint density at radius 3 is 2.61 bits per heavy atom. The fraction of sp³-hybridized carbons (Fsp3) is 0.600. The summed E-state index contributed by atoms with van der Waals surface area (Å²) < 4.78 is 13.9. The van der Waals surface area contributed by atoms with Crippen LogP contribution in [0.3, 0.4) is 0 Å². The van der Waals surface area contributed by atoms with Crippen LogP contribution in [0.2, 0.25) is 0 Å². The normalized spacial score (nSPS) is 28.2. The van der Waals surface area contributed by atoms with Crippen molar-refractivity contribution in [3.63, 3.8) is 0 Å². The number of anilines is 1. The molecule has 3 heteroatoms. The van der Waals surface area contributed by atoms with E-state index >= 15 is 0 Å². The molecule has 1 saturated carbocycles. The second kappa shape index (κ2) is 5.60. The number of hydrogen-bond donors (Lipinski definition) is 1. The monoisotopic (exact) mass is 313 g/mol. The molecule has 0 radical (unpaired) electrons. The summed E-state index contributed by atoms with van der Waals surface area (Å²) in [6.07, 6.45) is 3.69. The standard InChI is InChI=1S/C15H21BrFN/c1-9-4-5-12(6-10(9)2)18-15-8-13(16)14(17)7-11(15)3/h7-10,12,18H,4-6H2,1-3H3. The molecule has 3 atom stereocenters. The van der Waals surface area contributed by atoms with Gasteiger partial charge in [0.2, 0.25) is 0 Å². The lowest BCUT2D eigenvalue weighted by molar-refractivity contribution is 0.261. The zero-order chi connectivity index (χ0) is 13.3. The van der Waals surface area contributed by atoms with Crippen LogP contribution in [0, 0.1) is 24.6 Å². The van der Waals surface area contributed by atoms with Crippen LogP contribution < -0.4 is 5.32 Å². The molecule has 1 aliphatic rings. The van der Waals surface area contributed by atoms with Crippen LogP contribution in [0.15, 0.2) is 16.6 Å². The summed E-state index contributed by atoms with van der Waals surface area (Å²) >= 11 is 3.25. The van der Waals surface area contributed by atoms with Gasteiger partial charge >= 0.3 is 0 Å². The molecular formula is C15H21BrFN. The van der Waals surface area contributed by atoms with Gasteiger partial charge in [-0.25, -0.2) is 4.39 Å². The molecule has 3 unspecified atom stereocenters. The minimum Gasteiger partial charge on any atom is -0.382 e. The van der Waals surface area contributed by atoms with E-state index in [1.807, 2.05) is 13.0 Å². The molecule has 100 valence electrons. The average molecular weight is 314 g/mol. The van der Waals surface area contributed by atoms with Crippen molar-refractivity contribution in [2.75, 3.05) is 5.32 Å². The topological polar surface area (TPSA) is 12.0 Å². The number of aryl methyl sites for hydroxylation is 1. The highest BCUT2D eigenvalue weighted by molar-refractivity contribution is 9.10. The van der Waals surface area contributed by atoms with Crippen LogP contribution >= 0.6 is 15.9 Å². The maximum Gasteiger partial charge on any atom is 0.137 e. The van der Waals surface area contributed by atoms with Crippen LogP contribution in [0.1, 0.15) is 38.7 Å². The highest BCUT2D eigenvalue weighted by Crippen LogP contribution is 2.32. The molecule has 1 aliphatic carbocycles. The lowest BCUT2D eigenvalue weighted by Gasteiger charge is -2.33. The lowest BCUT2D eigenvalue weighted by atomic mass is 9.79. The van der Waals surface area contributed by atoms with Gasteiger partial charge in [-0.2, -0.15) is 0 Å². The predicted octanol–water partition coefficient (Wildman–Crippen LogP) is 5.13. The number of rotatable bonds is 2. The van der Waals surface area contributed by atoms with E-state index in [-0.39, 0.29) is 5.82 Å². The van der Waals surface area contributed by atoms with Crippen molar-refractivity contribution in [3.05, 3.63) is 28.0 Å². The summed E-state index contributed by atoms with van der Waals surface area (Å²) in [6, 6.07) is 3.96. The van der Waals surface area contributed by atoms with Crippen LogP contribution in [0.5, 0.6) is 0 Å². The van der Waals surface area contributed by atoms with Crippen LogP contribution in [0.25, 0.3) is 0 Å². The predicted molar refractivity (Wildman–Crippen MR) is 78.4 cm³/mol. The quantitative estimate of drug-likeness (QED) is 0.797. The summed E-state index contributed by atoms with van der Waals surface area (Å²) in [5, 5.41) is 3.57. The molecule has 1 aromatic carbocycles. The van der Waals surface area contributed by atoms with Crippen molar-refractivity contribution < 1.29 is 4.39 Å². The van der Waals surface area contributed by atoms with E-state index in [1.165, 1.54) is 19.3 Å². The van der Waals surface area contributed by atoms with Gasteiger partial charge in [-0.15, -0.1) is 0 Å². The molecule has 0 spiro atoms. The van der Waals surface area contributed by atoms with E-state index in [0.717, 1.165) is 23.1 Å². The fourth-order valence-corrected chi connectivity index (χ4v) is 3.04. The molecule has 0 amide bonds. The Morgan fingerprint density at radius 1 is 1.22 bits per heavy atom. The molecule has 1 aromatic rings. The molecule has 0 aliphatic heterocycles. The van der Waals surface area contributed by atoms with Crippen LogP contribution in [0.4, 0.5) is 10.1 Å². The van der Waals surface area contributed by atoms with Crippen molar-refractivity contribution in [3.8, 4) is 0 Å². The number of halogens is 2. The first-order valence-corrected chi connectivity index (χ1v) is 7.49. The summed E-state index contributed by atoms with van der Waals surface area (Å²) in [4.78, 5) is 0. The van der Waals surface area contributed by atoms with Crippen molar-refractivity contribution in [1.29, 1.82) is 0 Å². The number of hydrogen-bond acceptors (Lipinski definition) is 1. The molecule has 0 heterocycles. The van der Waals surface area contributed by atoms with Gasteiger partial charge in [0.25, 0.3) is 0 Å². The largest absolute Gasteiger partial charge is 0.382 e. The second-order valence-corrected chi connectivity index (χ2v) is 6.54. The first kappa shape index (κ1) is 13.9. The van der Waals surface area contributed by atoms with Gasteiger partial charge in [0.05, 0.1) is 4.47 Å². The molecular weight excluding hydrogens is 293 g/mol. The third-order valence-corrected chi connectivity index (χ3v) is 4.83. The molecule has 1 nitrogen and oxygen atoms in total.